The number of hydrogen-bond donors (Lipinski definition) is 2. The van der Waals surface area contributed by atoms with Gasteiger partial charge < -0.3 is 15.6 Å². The highest BCUT2D eigenvalue weighted by atomic mass is 35.5. The minimum atomic E-state index is -0.105. The van der Waals surface area contributed by atoms with E-state index in [0.717, 1.165) is 23.2 Å². The number of hydrogen-bond acceptors (Lipinski definition) is 2. The second-order valence-electron chi connectivity index (χ2n) is 4.81. The lowest BCUT2D eigenvalue weighted by Gasteiger charge is -2.29. The molecule has 3 rings (SSSR count). The molecule has 1 aliphatic rings. The van der Waals surface area contributed by atoms with Crippen molar-refractivity contribution in [1.29, 1.82) is 0 Å². The van der Waals surface area contributed by atoms with Crippen LogP contribution in [0.1, 0.15) is 21.6 Å². The van der Waals surface area contributed by atoms with Crippen molar-refractivity contribution in [2.45, 2.75) is 13.0 Å². The number of amides is 1. The van der Waals surface area contributed by atoms with Crippen molar-refractivity contribution in [2.75, 3.05) is 12.3 Å². The summed E-state index contributed by atoms with van der Waals surface area (Å²) >= 11 is 11.7. The zero-order valence-electron chi connectivity index (χ0n) is 10.6. The fourth-order valence-electron chi connectivity index (χ4n) is 2.50. The van der Waals surface area contributed by atoms with Crippen LogP contribution in [0.15, 0.2) is 24.3 Å². The Morgan fingerprint density at radius 2 is 2.15 bits per heavy atom. The first-order chi connectivity index (χ1) is 9.56. The maximum atomic E-state index is 12.4. The lowest BCUT2D eigenvalue weighted by molar-refractivity contribution is 0.0729. The van der Waals surface area contributed by atoms with E-state index in [9.17, 15) is 4.79 Å². The van der Waals surface area contributed by atoms with Crippen LogP contribution >= 0.6 is 23.2 Å². The molecule has 1 amide bonds. The summed E-state index contributed by atoms with van der Waals surface area (Å²) in [5.74, 6) is -0.105. The van der Waals surface area contributed by atoms with E-state index in [0.29, 0.717) is 23.8 Å². The molecule has 0 atom stereocenters. The van der Waals surface area contributed by atoms with Gasteiger partial charge in [0.25, 0.3) is 5.91 Å². The molecule has 20 heavy (non-hydrogen) atoms. The third-order valence-electron chi connectivity index (χ3n) is 3.54. The lowest BCUT2D eigenvalue weighted by Crippen LogP contribution is -2.36. The SMILES string of the molecule is Nc1cccc2c1CCN(C(=O)c1cc(Cl)c(Cl)[nH]1)C2. The maximum absolute atomic E-state index is 12.4. The second kappa shape index (κ2) is 5.04. The van der Waals surface area contributed by atoms with Gasteiger partial charge in [0.05, 0.1) is 5.02 Å². The largest absolute Gasteiger partial charge is 0.398 e. The summed E-state index contributed by atoms with van der Waals surface area (Å²) in [6.07, 6.45) is 0.760. The summed E-state index contributed by atoms with van der Waals surface area (Å²) in [6, 6.07) is 7.35. The van der Waals surface area contributed by atoms with Crippen LogP contribution in [0.2, 0.25) is 10.2 Å². The molecule has 0 saturated heterocycles. The molecule has 1 aromatic heterocycles. The second-order valence-corrected chi connectivity index (χ2v) is 5.59. The highest BCUT2D eigenvalue weighted by Gasteiger charge is 2.24. The Morgan fingerprint density at radius 1 is 1.35 bits per heavy atom. The van der Waals surface area contributed by atoms with E-state index in [1.54, 1.807) is 11.0 Å². The van der Waals surface area contributed by atoms with E-state index in [2.05, 4.69) is 4.98 Å². The number of nitrogen functional groups attached to an aromatic ring is 1. The molecule has 2 heterocycles. The molecule has 0 unspecified atom stereocenters. The Morgan fingerprint density at radius 3 is 2.85 bits per heavy atom. The van der Waals surface area contributed by atoms with Crippen LogP contribution in [0.3, 0.4) is 0 Å². The molecule has 0 radical (unpaired) electrons. The number of benzene rings is 1. The molecule has 0 fully saturated rings. The Kier molecular flexibility index (Phi) is 3.36. The summed E-state index contributed by atoms with van der Waals surface area (Å²) < 4.78 is 0. The number of carbonyl (C=O) groups is 1. The van der Waals surface area contributed by atoms with E-state index in [1.165, 1.54) is 0 Å². The van der Waals surface area contributed by atoms with Gasteiger partial charge in [-0.1, -0.05) is 35.3 Å². The van der Waals surface area contributed by atoms with E-state index in [-0.39, 0.29) is 11.1 Å². The number of H-pyrrole nitrogens is 1. The zero-order valence-corrected chi connectivity index (χ0v) is 12.1. The number of nitrogens with one attached hydrogen (secondary N) is 1. The smallest absolute Gasteiger partial charge is 0.270 e. The number of nitrogens with zero attached hydrogens (tertiary/aromatic N) is 1. The fraction of sp³-hybridized carbons (Fsp3) is 0.214. The number of carbonyl (C=O) groups excluding carboxylic acids is 1. The highest BCUT2D eigenvalue weighted by molar-refractivity contribution is 6.41. The van der Waals surface area contributed by atoms with Crippen molar-refractivity contribution in [2.24, 2.45) is 0 Å². The quantitative estimate of drug-likeness (QED) is 0.795. The average molecular weight is 310 g/mol. The molecule has 1 aromatic carbocycles. The predicted molar refractivity (Wildman–Crippen MR) is 80.1 cm³/mol. The van der Waals surface area contributed by atoms with Crippen LogP contribution in [-0.4, -0.2) is 22.3 Å². The van der Waals surface area contributed by atoms with Gasteiger partial charge in [0.15, 0.2) is 0 Å². The number of fused-ring (bicyclic) bond motifs is 1. The van der Waals surface area contributed by atoms with Gasteiger partial charge in [-0.25, -0.2) is 0 Å². The van der Waals surface area contributed by atoms with E-state index < -0.39 is 0 Å². The molecule has 0 spiro atoms. The number of aromatic nitrogens is 1. The standard InChI is InChI=1S/C14H13Cl2N3O/c15-10-6-12(18-13(10)16)14(20)19-5-4-9-8(7-19)2-1-3-11(9)17/h1-3,6,18H,4-5,7,17H2. The molecule has 0 aliphatic carbocycles. The number of aromatic amines is 1. The first kappa shape index (κ1) is 13.3. The number of halogens is 2. The van der Waals surface area contributed by atoms with Crippen molar-refractivity contribution < 1.29 is 4.79 Å². The van der Waals surface area contributed by atoms with Crippen LogP contribution in [0.25, 0.3) is 0 Å². The Hall–Kier alpha value is -1.65. The molecule has 6 heteroatoms. The lowest BCUT2D eigenvalue weighted by atomic mass is 9.98. The van der Waals surface area contributed by atoms with Crippen molar-refractivity contribution >= 4 is 34.8 Å². The predicted octanol–water partition coefficient (Wildman–Crippen LogP) is 3.10. The molecule has 0 saturated carbocycles. The van der Waals surface area contributed by atoms with Gasteiger partial charge in [0.1, 0.15) is 10.8 Å². The molecular weight excluding hydrogens is 297 g/mol. The zero-order chi connectivity index (χ0) is 14.3. The summed E-state index contributed by atoms with van der Waals surface area (Å²) in [6.45, 7) is 1.18. The molecule has 2 aromatic rings. The van der Waals surface area contributed by atoms with Gasteiger partial charge in [-0.15, -0.1) is 0 Å². The summed E-state index contributed by atoms with van der Waals surface area (Å²) in [4.78, 5) is 17.0. The van der Waals surface area contributed by atoms with Crippen LogP contribution in [0.4, 0.5) is 5.69 Å². The number of rotatable bonds is 1. The van der Waals surface area contributed by atoms with Gasteiger partial charge in [0, 0.05) is 18.8 Å². The topological polar surface area (TPSA) is 62.1 Å². The van der Waals surface area contributed by atoms with Gasteiger partial charge in [-0.2, -0.15) is 0 Å². The van der Waals surface area contributed by atoms with E-state index in [1.807, 2.05) is 18.2 Å². The fourth-order valence-corrected chi connectivity index (χ4v) is 2.81. The third-order valence-corrected chi connectivity index (χ3v) is 4.24. The average Bonchev–Trinajstić information content (AvgIpc) is 2.78. The van der Waals surface area contributed by atoms with Crippen LogP contribution in [-0.2, 0) is 13.0 Å². The van der Waals surface area contributed by atoms with Crippen molar-refractivity contribution in [3.05, 3.63) is 51.3 Å². The van der Waals surface area contributed by atoms with Gasteiger partial charge in [-0.3, -0.25) is 4.79 Å². The van der Waals surface area contributed by atoms with E-state index >= 15 is 0 Å². The maximum Gasteiger partial charge on any atom is 0.270 e. The van der Waals surface area contributed by atoms with Gasteiger partial charge in [-0.05, 0) is 29.7 Å². The number of anilines is 1. The first-order valence-electron chi connectivity index (χ1n) is 6.26. The van der Waals surface area contributed by atoms with Gasteiger partial charge in [0.2, 0.25) is 0 Å². The van der Waals surface area contributed by atoms with Gasteiger partial charge >= 0.3 is 0 Å². The molecule has 3 N–H and O–H groups in total. The molecule has 1 aliphatic heterocycles. The number of nitrogens with two attached hydrogens (primary N) is 1. The monoisotopic (exact) mass is 309 g/mol. The normalized spacial score (nSPS) is 14.2. The third kappa shape index (κ3) is 2.25. The van der Waals surface area contributed by atoms with Crippen LogP contribution in [0, 0.1) is 0 Å². The first-order valence-corrected chi connectivity index (χ1v) is 7.01. The van der Waals surface area contributed by atoms with Crippen molar-refractivity contribution in [3.63, 3.8) is 0 Å². The van der Waals surface area contributed by atoms with Crippen molar-refractivity contribution in [1.82, 2.24) is 9.88 Å². The van der Waals surface area contributed by atoms with Crippen LogP contribution in [0.5, 0.6) is 0 Å². The summed E-state index contributed by atoms with van der Waals surface area (Å²) in [7, 11) is 0. The summed E-state index contributed by atoms with van der Waals surface area (Å²) in [5, 5.41) is 0.647. The van der Waals surface area contributed by atoms with E-state index in [4.69, 9.17) is 28.9 Å². The molecule has 104 valence electrons. The molecule has 0 bridgehead atoms. The van der Waals surface area contributed by atoms with Crippen LogP contribution < -0.4 is 5.73 Å². The summed E-state index contributed by atoms with van der Waals surface area (Å²) in [5.41, 5.74) is 9.38. The Labute approximate surface area is 126 Å². The minimum absolute atomic E-state index is 0.105. The molecular formula is C14H13Cl2N3O. The molecule has 4 nitrogen and oxygen atoms in total. The highest BCUT2D eigenvalue weighted by Crippen LogP contribution is 2.27. The Bertz CT molecular complexity index is 662. The Balaban J connectivity index is 1.85. The minimum Gasteiger partial charge on any atom is -0.398 e. The van der Waals surface area contributed by atoms with Crippen molar-refractivity contribution in [3.8, 4) is 0 Å².